The van der Waals surface area contributed by atoms with Crippen LogP contribution < -0.4 is 16.0 Å². The van der Waals surface area contributed by atoms with E-state index in [4.69, 9.17) is 15.1 Å². The van der Waals surface area contributed by atoms with E-state index in [2.05, 4.69) is 22.5 Å². The van der Waals surface area contributed by atoms with Crippen LogP contribution in [0.1, 0.15) is 12.8 Å². The fraction of sp³-hybridized carbons (Fsp3) is 0.107. The number of fused-ring (bicyclic) bond motifs is 4. The zero-order valence-corrected chi connectivity index (χ0v) is 19.5. The molecule has 6 rings (SSSR count). The Morgan fingerprint density at radius 3 is 2.61 bits per heavy atom. The molecule has 0 aliphatic carbocycles. The van der Waals surface area contributed by atoms with Gasteiger partial charge in [-0.05, 0) is 61.5 Å². The number of carbonyl (C=O) groups is 1. The van der Waals surface area contributed by atoms with Crippen molar-refractivity contribution >= 4 is 56.4 Å². The van der Waals surface area contributed by atoms with E-state index in [1.54, 1.807) is 16.9 Å². The molecule has 3 aromatic carbocycles. The zero-order chi connectivity index (χ0) is 24.5. The standard InChI is InChI=1S/C28H24N6O2/c29-16-4-9-26(35)32-19-10-12-20(13-11-19)33(28-30-17-14-21-15-18-31-34(21)28)24-7-3-6-23-22-5-1-2-8-25(22)36-27(23)24/h1-3,5-8,10-15,17-18H,4,9,16,29H2,(H,32,35). The van der Waals surface area contributed by atoms with Gasteiger partial charge in [0, 0.05) is 34.8 Å². The lowest BCUT2D eigenvalue weighted by atomic mass is 10.1. The number of furan rings is 1. The SMILES string of the molecule is NCCCC(=O)Nc1ccc(N(c2cccc3c2oc2ccccc23)c2nccc3ccnn23)cc1. The van der Waals surface area contributed by atoms with E-state index >= 15 is 0 Å². The summed E-state index contributed by atoms with van der Waals surface area (Å²) in [7, 11) is 0. The highest BCUT2D eigenvalue weighted by Gasteiger charge is 2.22. The number of aromatic nitrogens is 3. The third-order valence-electron chi connectivity index (χ3n) is 6.14. The average molecular weight is 477 g/mol. The Kier molecular flexibility index (Phi) is 5.55. The number of rotatable bonds is 7. The molecule has 6 aromatic rings. The molecule has 0 bridgehead atoms. The second kappa shape index (κ2) is 9.16. The molecule has 0 radical (unpaired) electrons. The second-order valence-corrected chi connectivity index (χ2v) is 8.49. The molecule has 3 heterocycles. The Balaban J connectivity index is 1.50. The first-order chi connectivity index (χ1) is 17.7. The molecule has 36 heavy (non-hydrogen) atoms. The highest BCUT2D eigenvalue weighted by molar-refractivity contribution is 6.10. The molecule has 0 saturated heterocycles. The lowest BCUT2D eigenvalue weighted by Gasteiger charge is -2.24. The average Bonchev–Trinajstić information content (AvgIpc) is 3.54. The van der Waals surface area contributed by atoms with Crippen LogP contribution in [-0.2, 0) is 4.79 Å². The fourth-order valence-electron chi connectivity index (χ4n) is 4.44. The Labute approximate surface area is 207 Å². The van der Waals surface area contributed by atoms with Crippen LogP contribution >= 0.6 is 0 Å². The lowest BCUT2D eigenvalue weighted by molar-refractivity contribution is -0.116. The largest absolute Gasteiger partial charge is 0.454 e. The van der Waals surface area contributed by atoms with Crippen molar-refractivity contribution in [3.8, 4) is 0 Å². The van der Waals surface area contributed by atoms with Crippen molar-refractivity contribution in [3.05, 3.63) is 91.3 Å². The molecule has 0 spiro atoms. The first kappa shape index (κ1) is 21.8. The number of para-hydroxylation sites is 2. The summed E-state index contributed by atoms with van der Waals surface area (Å²) in [5.74, 6) is 0.560. The summed E-state index contributed by atoms with van der Waals surface area (Å²) in [5, 5.41) is 9.51. The summed E-state index contributed by atoms with van der Waals surface area (Å²) in [6.07, 6.45) is 4.56. The summed E-state index contributed by atoms with van der Waals surface area (Å²) in [6.45, 7) is 0.487. The van der Waals surface area contributed by atoms with Crippen molar-refractivity contribution in [1.29, 1.82) is 0 Å². The molecule has 0 saturated carbocycles. The number of hydrogen-bond donors (Lipinski definition) is 2. The minimum atomic E-state index is -0.0555. The summed E-state index contributed by atoms with van der Waals surface area (Å²) >= 11 is 0. The van der Waals surface area contributed by atoms with E-state index in [-0.39, 0.29) is 5.91 Å². The molecule has 0 atom stereocenters. The maximum absolute atomic E-state index is 12.2. The Morgan fingerprint density at radius 2 is 1.75 bits per heavy atom. The Morgan fingerprint density at radius 1 is 0.944 bits per heavy atom. The molecular weight excluding hydrogens is 452 g/mol. The van der Waals surface area contributed by atoms with Crippen molar-refractivity contribution in [2.24, 2.45) is 5.73 Å². The molecule has 0 aliphatic rings. The molecule has 1 amide bonds. The van der Waals surface area contributed by atoms with Crippen LogP contribution in [0.3, 0.4) is 0 Å². The third kappa shape index (κ3) is 3.83. The zero-order valence-electron chi connectivity index (χ0n) is 19.5. The predicted molar refractivity (Wildman–Crippen MR) is 142 cm³/mol. The van der Waals surface area contributed by atoms with Crippen LogP contribution in [0.25, 0.3) is 27.5 Å². The normalized spacial score (nSPS) is 11.4. The second-order valence-electron chi connectivity index (χ2n) is 8.49. The molecule has 8 nitrogen and oxygen atoms in total. The predicted octanol–water partition coefficient (Wildman–Crippen LogP) is 5.78. The number of nitrogens with zero attached hydrogens (tertiary/aromatic N) is 4. The van der Waals surface area contributed by atoms with E-state index in [1.165, 1.54) is 0 Å². The van der Waals surface area contributed by atoms with Crippen LogP contribution in [0.15, 0.2) is 95.7 Å². The Bertz CT molecular complexity index is 1690. The minimum Gasteiger partial charge on any atom is -0.454 e. The van der Waals surface area contributed by atoms with Crippen LogP contribution in [0.2, 0.25) is 0 Å². The summed E-state index contributed by atoms with van der Waals surface area (Å²) < 4.78 is 8.14. The number of amides is 1. The van der Waals surface area contributed by atoms with E-state index in [1.807, 2.05) is 71.6 Å². The van der Waals surface area contributed by atoms with E-state index in [0.717, 1.165) is 38.8 Å². The van der Waals surface area contributed by atoms with Crippen molar-refractivity contribution in [1.82, 2.24) is 14.6 Å². The highest BCUT2D eigenvalue weighted by atomic mass is 16.3. The van der Waals surface area contributed by atoms with E-state index < -0.39 is 0 Å². The maximum Gasteiger partial charge on any atom is 0.236 e. The van der Waals surface area contributed by atoms with Gasteiger partial charge in [-0.1, -0.05) is 30.3 Å². The molecule has 8 heteroatoms. The van der Waals surface area contributed by atoms with Crippen molar-refractivity contribution in [3.63, 3.8) is 0 Å². The number of benzene rings is 3. The van der Waals surface area contributed by atoms with E-state index in [9.17, 15) is 4.79 Å². The van der Waals surface area contributed by atoms with Gasteiger partial charge in [0.25, 0.3) is 0 Å². The van der Waals surface area contributed by atoms with Gasteiger partial charge in [0.1, 0.15) is 5.58 Å². The highest BCUT2D eigenvalue weighted by Crippen LogP contribution is 2.41. The van der Waals surface area contributed by atoms with Gasteiger partial charge in [-0.25, -0.2) is 4.98 Å². The van der Waals surface area contributed by atoms with Crippen LogP contribution in [0.4, 0.5) is 23.0 Å². The molecule has 0 aliphatic heterocycles. The van der Waals surface area contributed by atoms with Gasteiger partial charge in [0.2, 0.25) is 11.9 Å². The topological polar surface area (TPSA) is 102 Å². The number of hydrogen-bond acceptors (Lipinski definition) is 6. The van der Waals surface area contributed by atoms with Crippen molar-refractivity contribution in [2.75, 3.05) is 16.8 Å². The van der Waals surface area contributed by atoms with Crippen LogP contribution in [-0.4, -0.2) is 27.0 Å². The van der Waals surface area contributed by atoms with Gasteiger partial charge < -0.3 is 15.5 Å². The summed E-state index contributed by atoms with van der Waals surface area (Å²) in [4.78, 5) is 18.9. The molecular formula is C28H24N6O2. The number of anilines is 4. The van der Waals surface area contributed by atoms with Gasteiger partial charge in [0.05, 0.1) is 17.4 Å². The molecule has 0 unspecified atom stereocenters. The van der Waals surface area contributed by atoms with Crippen LogP contribution in [0, 0.1) is 0 Å². The number of nitrogens with one attached hydrogen (secondary N) is 1. The monoisotopic (exact) mass is 476 g/mol. The van der Waals surface area contributed by atoms with Gasteiger partial charge >= 0.3 is 0 Å². The van der Waals surface area contributed by atoms with Crippen molar-refractivity contribution < 1.29 is 9.21 Å². The first-order valence-electron chi connectivity index (χ1n) is 11.8. The molecule has 3 aromatic heterocycles. The molecule has 178 valence electrons. The summed E-state index contributed by atoms with van der Waals surface area (Å²) in [5.41, 5.74) is 10.4. The fourth-order valence-corrected chi connectivity index (χ4v) is 4.44. The number of carbonyl (C=O) groups excluding carboxylic acids is 1. The quantitative estimate of drug-likeness (QED) is 0.303. The smallest absolute Gasteiger partial charge is 0.236 e. The minimum absolute atomic E-state index is 0.0555. The van der Waals surface area contributed by atoms with Crippen molar-refractivity contribution in [2.45, 2.75) is 12.8 Å². The van der Waals surface area contributed by atoms with Gasteiger partial charge in [-0.15, -0.1) is 0 Å². The molecule has 3 N–H and O–H groups in total. The van der Waals surface area contributed by atoms with E-state index in [0.29, 0.717) is 31.0 Å². The Hall–Kier alpha value is -4.69. The maximum atomic E-state index is 12.2. The van der Waals surface area contributed by atoms with Crippen LogP contribution in [0.5, 0.6) is 0 Å². The summed E-state index contributed by atoms with van der Waals surface area (Å²) in [6, 6.07) is 25.6. The van der Waals surface area contributed by atoms with Gasteiger partial charge in [-0.2, -0.15) is 9.61 Å². The first-order valence-corrected chi connectivity index (χ1v) is 11.8. The molecule has 0 fully saturated rings. The van der Waals surface area contributed by atoms with Gasteiger partial charge in [-0.3, -0.25) is 9.69 Å². The third-order valence-corrected chi connectivity index (χ3v) is 6.14. The number of nitrogens with two attached hydrogens (primary N) is 1. The van der Waals surface area contributed by atoms with Gasteiger partial charge in [0.15, 0.2) is 5.58 Å². The lowest BCUT2D eigenvalue weighted by Crippen LogP contribution is -2.16.